The van der Waals surface area contributed by atoms with Crippen LogP contribution in [0.4, 0.5) is 5.69 Å². The summed E-state index contributed by atoms with van der Waals surface area (Å²) >= 11 is 7.04. The Labute approximate surface area is 195 Å². The van der Waals surface area contributed by atoms with Crippen LogP contribution in [0.3, 0.4) is 0 Å². The zero-order chi connectivity index (χ0) is 22.9. The number of halogens is 1. The van der Waals surface area contributed by atoms with Gasteiger partial charge in [-0.25, -0.2) is 8.42 Å². The summed E-state index contributed by atoms with van der Waals surface area (Å²) in [6.45, 7) is 2.65. The fourth-order valence-corrected chi connectivity index (χ4v) is 6.59. The molecule has 1 aliphatic heterocycles. The van der Waals surface area contributed by atoms with E-state index in [1.807, 2.05) is 0 Å². The summed E-state index contributed by atoms with van der Waals surface area (Å²) in [4.78, 5) is 25.0. The first-order valence-electron chi connectivity index (χ1n) is 10.5. The van der Waals surface area contributed by atoms with Gasteiger partial charge in [0.05, 0.1) is 15.1 Å². The van der Waals surface area contributed by atoms with Crippen molar-refractivity contribution < 1.29 is 13.2 Å². The van der Waals surface area contributed by atoms with Gasteiger partial charge in [0, 0.05) is 23.8 Å². The predicted octanol–water partition coefficient (Wildman–Crippen LogP) is 4.23. The van der Waals surface area contributed by atoms with Gasteiger partial charge in [-0.1, -0.05) is 41.8 Å². The number of fused-ring (bicyclic) bond motifs is 1. The third kappa shape index (κ3) is 4.61. The topological polar surface area (TPSA) is 88.5 Å². The Morgan fingerprint density at radius 2 is 1.84 bits per heavy atom. The third-order valence-corrected chi connectivity index (χ3v) is 8.93. The number of hydrogen-bond acceptors (Lipinski definition) is 5. The average Bonchev–Trinajstić information content (AvgIpc) is 2.93. The predicted molar refractivity (Wildman–Crippen MR) is 128 cm³/mol. The molecule has 0 unspecified atom stereocenters. The van der Waals surface area contributed by atoms with E-state index in [1.54, 1.807) is 31.2 Å². The van der Waals surface area contributed by atoms with Crippen molar-refractivity contribution in [1.29, 1.82) is 0 Å². The normalized spacial score (nSPS) is 15.6. The van der Waals surface area contributed by atoms with Gasteiger partial charge >= 0.3 is 4.87 Å². The van der Waals surface area contributed by atoms with Gasteiger partial charge in [0.25, 0.3) is 0 Å². The standard InChI is InChI=1S/C22H24ClN3O4S2/c1-15-17(23)7-6-8-18(15)24-21(27)14-26-19-10-9-16(13-20(19)31-22(26)28)32(29,30)25-11-4-2-3-5-12-25/h6-10,13H,2-5,11-12,14H2,1H3,(H,24,27). The molecule has 1 N–H and O–H groups in total. The number of carbonyl (C=O) groups is 1. The van der Waals surface area contributed by atoms with Crippen LogP contribution in [0.25, 0.3) is 10.2 Å². The Morgan fingerprint density at radius 3 is 2.56 bits per heavy atom. The van der Waals surface area contributed by atoms with Gasteiger partial charge in [-0.2, -0.15) is 4.31 Å². The second-order valence-corrected chi connectivity index (χ2v) is 11.2. The van der Waals surface area contributed by atoms with Crippen LogP contribution in [0.5, 0.6) is 0 Å². The minimum Gasteiger partial charge on any atom is -0.324 e. The molecule has 4 rings (SSSR count). The number of nitrogens with one attached hydrogen (secondary N) is 1. The summed E-state index contributed by atoms with van der Waals surface area (Å²) in [5, 5.41) is 3.33. The van der Waals surface area contributed by atoms with Crippen LogP contribution in [0.15, 0.2) is 46.1 Å². The molecule has 2 aromatic carbocycles. The number of sulfonamides is 1. The number of thiazole rings is 1. The van der Waals surface area contributed by atoms with Gasteiger partial charge < -0.3 is 5.32 Å². The van der Waals surface area contributed by atoms with Gasteiger partial charge in [-0.3, -0.25) is 14.2 Å². The number of benzene rings is 2. The first-order valence-corrected chi connectivity index (χ1v) is 13.1. The quantitative estimate of drug-likeness (QED) is 0.576. The largest absolute Gasteiger partial charge is 0.324 e. The molecule has 3 aromatic rings. The fraction of sp³-hybridized carbons (Fsp3) is 0.364. The number of carbonyl (C=O) groups excluding carboxylic acids is 1. The van der Waals surface area contributed by atoms with E-state index in [4.69, 9.17) is 11.6 Å². The van der Waals surface area contributed by atoms with Crippen molar-refractivity contribution in [3.05, 3.63) is 56.7 Å². The van der Waals surface area contributed by atoms with Gasteiger partial charge in [0.2, 0.25) is 15.9 Å². The molecule has 170 valence electrons. The first-order chi connectivity index (χ1) is 15.3. The number of anilines is 1. The monoisotopic (exact) mass is 493 g/mol. The summed E-state index contributed by atoms with van der Waals surface area (Å²) in [6.07, 6.45) is 3.78. The summed E-state index contributed by atoms with van der Waals surface area (Å²) in [5.74, 6) is -0.363. The lowest BCUT2D eigenvalue weighted by atomic mass is 10.2. The zero-order valence-corrected chi connectivity index (χ0v) is 20.0. The number of hydrogen-bond donors (Lipinski definition) is 1. The van der Waals surface area contributed by atoms with E-state index in [-0.39, 0.29) is 22.2 Å². The Balaban J connectivity index is 1.59. The lowest BCUT2D eigenvalue weighted by Crippen LogP contribution is -2.31. The van der Waals surface area contributed by atoms with Crippen molar-refractivity contribution in [2.75, 3.05) is 18.4 Å². The smallest absolute Gasteiger partial charge is 0.308 e. The van der Waals surface area contributed by atoms with Crippen LogP contribution >= 0.6 is 22.9 Å². The second-order valence-electron chi connectivity index (χ2n) is 7.86. The van der Waals surface area contributed by atoms with E-state index in [2.05, 4.69) is 5.32 Å². The van der Waals surface area contributed by atoms with E-state index >= 15 is 0 Å². The van der Waals surface area contributed by atoms with Crippen LogP contribution < -0.4 is 10.2 Å². The molecular formula is C22H24ClN3O4S2. The Hall–Kier alpha value is -2.20. The Kier molecular flexibility index (Phi) is 6.71. The van der Waals surface area contributed by atoms with E-state index in [0.717, 1.165) is 42.6 Å². The van der Waals surface area contributed by atoms with Crippen LogP contribution in [-0.2, 0) is 21.4 Å². The highest BCUT2D eigenvalue weighted by atomic mass is 35.5. The van der Waals surface area contributed by atoms with E-state index in [1.165, 1.54) is 21.0 Å². The summed E-state index contributed by atoms with van der Waals surface area (Å²) in [7, 11) is -3.62. The highest BCUT2D eigenvalue weighted by Gasteiger charge is 2.26. The van der Waals surface area contributed by atoms with Gasteiger partial charge in [-0.05, 0) is 55.7 Å². The molecule has 0 bridgehead atoms. The van der Waals surface area contributed by atoms with Gasteiger partial charge in [0.1, 0.15) is 6.54 Å². The third-order valence-electron chi connectivity index (χ3n) is 5.69. The number of nitrogens with zero attached hydrogens (tertiary/aromatic N) is 2. The van der Waals surface area contributed by atoms with E-state index in [0.29, 0.717) is 34.0 Å². The number of amides is 1. The molecule has 0 atom stereocenters. The molecule has 0 radical (unpaired) electrons. The molecule has 1 aromatic heterocycles. The minimum absolute atomic E-state index is 0.178. The first kappa shape index (κ1) is 23.0. The molecule has 0 aliphatic carbocycles. The van der Waals surface area contributed by atoms with Crippen molar-refractivity contribution in [3.63, 3.8) is 0 Å². The van der Waals surface area contributed by atoms with Crippen molar-refractivity contribution in [2.45, 2.75) is 44.0 Å². The number of rotatable bonds is 5. The zero-order valence-electron chi connectivity index (χ0n) is 17.6. The molecule has 2 heterocycles. The van der Waals surface area contributed by atoms with Gasteiger partial charge in [-0.15, -0.1) is 0 Å². The molecule has 0 spiro atoms. The summed E-state index contributed by atoms with van der Waals surface area (Å²) in [5.41, 5.74) is 1.86. The SMILES string of the molecule is Cc1c(Cl)cccc1NC(=O)Cn1c(=O)sc2cc(S(=O)(=O)N3CCCCCC3)ccc21. The molecule has 0 saturated carbocycles. The lowest BCUT2D eigenvalue weighted by Gasteiger charge is -2.19. The molecule has 1 fully saturated rings. The van der Waals surface area contributed by atoms with E-state index < -0.39 is 10.0 Å². The van der Waals surface area contributed by atoms with Crippen molar-refractivity contribution in [3.8, 4) is 0 Å². The number of aromatic nitrogens is 1. The molecule has 1 amide bonds. The minimum atomic E-state index is -3.62. The van der Waals surface area contributed by atoms with Crippen LogP contribution in [0.1, 0.15) is 31.2 Å². The van der Waals surface area contributed by atoms with Crippen LogP contribution in [0, 0.1) is 6.92 Å². The maximum Gasteiger partial charge on any atom is 0.308 e. The fourth-order valence-electron chi connectivity index (χ4n) is 3.86. The maximum atomic E-state index is 13.1. The van der Waals surface area contributed by atoms with Crippen molar-refractivity contribution in [1.82, 2.24) is 8.87 Å². The van der Waals surface area contributed by atoms with Crippen molar-refractivity contribution >= 4 is 54.8 Å². The van der Waals surface area contributed by atoms with Crippen LogP contribution in [-0.4, -0.2) is 36.3 Å². The summed E-state index contributed by atoms with van der Waals surface area (Å²) < 4.78 is 29.6. The lowest BCUT2D eigenvalue weighted by molar-refractivity contribution is -0.116. The maximum absolute atomic E-state index is 13.1. The molecule has 10 heteroatoms. The highest BCUT2D eigenvalue weighted by Crippen LogP contribution is 2.26. The van der Waals surface area contributed by atoms with Crippen molar-refractivity contribution in [2.24, 2.45) is 0 Å². The molecular weight excluding hydrogens is 470 g/mol. The Bertz CT molecular complexity index is 1320. The summed E-state index contributed by atoms with van der Waals surface area (Å²) in [6, 6.07) is 9.88. The molecule has 1 saturated heterocycles. The van der Waals surface area contributed by atoms with E-state index in [9.17, 15) is 18.0 Å². The molecule has 32 heavy (non-hydrogen) atoms. The Morgan fingerprint density at radius 1 is 1.12 bits per heavy atom. The second kappa shape index (κ2) is 9.35. The highest BCUT2D eigenvalue weighted by molar-refractivity contribution is 7.89. The van der Waals surface area contributed by atoms with Crippen LogP contribution in [0.2, 0.25) is 5.02 Å². The van der Waals surface area contributed by atoms with Gasteiger partial charge in [0.15, 0.2) is 0 Å². The molecule has 1 aliphatic rings. The molecule has 7 nitrogen and oxygen atoms in total. The average molecular weight is 494 g/mol.